The van der Waals surface area contributed by atoms with Crippen molar-refractivity contribution in [2.45, 2.75) is 31.7 Å². The van der Waals surface area contributed by atoms with Gasteiger partial charge in [-0.05, 0) is 31.4 Å². The average Bonchev–Trinajstić information content (AvgIpc) is 2.42. The number of hydrogen-bond donors (Lipinski definition) is 1. The Morgan fingerprint density at radius 3 is 2.55 bits per heavy atom. The molecular weight excluding hydrogens is 252 g/mol. The predicted molar refractivity (Wildman–Crippen MR) is 76.4 cm³/mol. The maximum atomic E-state index is 12.3. The van der Waals surface area contributed by atoms with Gasteiger partial charge in [-0.2, -0.15) is 5.26 Å². The first-order valence-electron chi connectivity index (χ1n) is 7.13. The van der Waals surface area contributed by atoms with Gasteiger partial charge in [-0.25, -0.2) is 0 Å². The average molecular weight is 272 g/mol. The standard InChI is InChI=1S/C16H20N2O2/c17-11-13-5-7-14(8-6-13)16(20)12-18(9-2-10-19)15-3-1-4-15/h5-8,15,19H,1-4,9-10,12H2. The van der Waals surface area contributed by atoms with Gasteiger partial charge in [-0.15, -0.1) is 0 Å². The first kappa shape index (κ1) is 14.7. The lowest BCUT2D eigenvalue weighted by Gasteiger charge is -2.37. The molecule has 1 aliphatic rings. The molecule has 0 spiro atoms. The van der Waals surface area contributed by atoms with E-state index in [9.17, 15) is 4.79 Å². The van der Waals surface area contributed by atoms with Gasteiger partial charge in [0.25, 0.3) is 0 Å². The summed E-state index contributed by atoms with van der Waals surface area (Å²) in [5.41, 5.74) is 1.22. The molecule has 20 heavy (non-hydrogen) atoms. The molecule has 0 amide bonds. The Balaban J connectivity index is 1.97. The van der Waals surface area contributed by atoms with Crippen LogP contribution in [0.25, 0.3) is 0 Å². The Labute approximate surface area is 119 Å². The highest BCUT2D eigenvalue weighted by Gasteiger charge is 2.26. The number of aliphatic hydroxyl groups excluding tert-OH is 1. The van der Waals surface area contributed by atoms with Crippen LogP contribution in [0.3, 0.4) is 0 Å². The first-order valence-corrected chi connectivity index (χ1v) is 7.13. The van der Waals surface area contributed by atoms with E-state index in [0.29, 0.717) is 30.1 Å². The first-order chi connectivity index (χ1) is 9.74. The monoisotopic (exact) mass is 272 g/mol. The van der Waals surface area contributed by atoms with Gasteiger partial charge in [0, 0.05) is 24.8 Å². The molecule has 0 atom stereocenters. The van der Waals surface area contributed by atoms with Gasteiger partial charge in [0.15, 0.2) is 5.78 Å². The van der Waals surface area contributed by atoms with Crippen molar-refractivity contribution in [3.05, 3.63) is 35.4 Å². The SMILES string of the molecule is N#Cc1ccc(C(=O)CN(CCCO)C2CCC2)cc1. The number of rotatable bonds is 7. The van der Waals surface area contributed by atoms with Crippen LogP contribution in [0.15, 0.2) is 24.3 Å². The van der Waals surface area contributed by atoms with E-state index in [1.54, 1.807) is 24.3 Å². The summed E-state index contributed by atoms with van der Waals surface area (Å²) in [5.74, 6) is 0.0827. The molecule has 0 heterocycles. The van der Waals surface area contributed by atoms with Crippen LogP contribution >= 0.6 is 0 Å². The van der Waals surface area contributed by atoms with Gasteiger partial charge in [0.1, 0.15) is 0 Å². The highest BCUT2D eigenvalue weighted by molar-refractivity contribution is 5.97. The van der Waals surface area contributed by atoms with Crippen molar-refractivity contribution < 1.29 is 9.90 Å². The molecule has 1 N–H and O–H groups in total. The lowest BCUT2D eigenvalue weighted by molar-refractivity contribution is 0.0788. The number of carbonyl (C=O) groups is 1. The van der Waals surface area contributed by atoms with Crippen molar-refractivity contribution in [3.63, 3.8) is 0 Å². The Morgan fingerprint density at radius 1 is 1.35 bits per heavy atom. The number of ketones is 1. The van der Waals surface area contributed by atoms with Crippen LogP contribution in [0.4, 0.5) is 0 Å². The quantitative estimate of drug-likeness (QED) is 0.771. The third kappa shape index (κ3) is 3.66. The topological polar surface area (TPSA) is 64.3 Å². The summed E-state index contributed by atoms with van der Waals surface area (Å²) in [6, 6.07) is 9.32. The molecule has 1 aliphatic carbocycles. The number of nitriles is 1. The molecule has 2 rings (SSSR count). The van der Waals surface area contributed by atoms with Crippen LogP contribution in [-0.2, 0) is 0 Å². The van der Waals surface area contributed by atoms with Crippen molar-refractivity contribution >= 4 is 5.78 Å². The van der Waals surface area contributed by atoms with E-state index >= 15 is 0 Å². The van der Waals surface area contributed by atoms with Gasteiger partial charge in [0.05, 0.1) is 18.2 Å². The Kier molecular flexibility index (Phi) is 5.28. The van der Waals surface area contributed by atoms with Crippen molar-refractivity contribution in [2.75, 3.05) is 19.7 Å². The molecule has 1 fully saturated rings. The van der Waals surface area contributed by atoms with E-state index in [1.165, 1.54) is 6.42 Å². The van der Waals surface area contributed by atoms with Gasteiger partial charge < -0.3 is 5.11 Å². The normalized spacial score (nSPS) is 14.8. The summed E-state index contributed by atoms with van der Waals surface area (Å²) in [6.45, 7) is 1.33. The van der Waals surface area contributed by atoms with Gasteiger partial charge >= 0.3 is 0 Å². The number of carbonyl (C=O) groups excluding carboxylic acids is 1. The summed E-state index contributed by atoms with van der Waals surface area (Å²) >= 11 is 0. The molecule has 0 bridgehead atoms. The molecule has 106 valence electrons. The summed E-state index contributed by atoms with van der Waals surface area (Å²) in [5, 5.41) is 17.7. The summed E-state index contributed by atoms with van der Waals surface area (Å²) < 4.78 is 0. The van der Waals surface area contributed by atoms with Crippen LogP contribution in [-0.4, -0.2) is 41.5 Å². The fourth-order valence-corrected chi connectivity index (χ4v) is 2.42. The molecule has 0 saturated heterocycles. The summed E-state index contributed by atoms with van der Waals surface area (Å²) in [6.07, 6.45) is 4.22. The van der Waals surface area contributed by atoms with Crippen LogP contribution in [0.2, 0.25) is 0 Å². The fourth-order valence-electron chi connectivity index (χ4n) is 2.42. The minimum atomic E-state index is 0.0827. The van der Waals surface area contributed by atoms with E-state index in [4.69, 9.17) is 10.4 Å². The minimum absolute atomic E-state index is 0.0827. The van der Waals surface area contributed by atoms with Gasteiger partial charge in [0.2, 0.25) is 0 Å². The molecule has 0 aromatic heterocycles. The molecule has 0 aliphatic heterocycles. The van der Waals surface area contributed by atoms with E-state index in [2.05, 4.69) is 4.90 Å². The van der Waals surface area contributed by atoms with Gasteiger partial charge in [-0.1, -0.05) is 18.6 Å². The largest absolute Gasteiger partial charge is 0.396 e. The highest BCUT2D eigenvalue weighted by atomic mass is 16.3. The molecule has 4 heteroatoms. The number of Topliss-reactive ketones (excluding diaryl/α,β-unsaturated/α-hetero) is 1. The maximum Gasteiger partial charge on any atom is 0.176 e. The number of aliphatic hydroxyl groups is 1. The molecule has 1 aromatic rings. The predicted octanol–water partition coefficient (Wildman–Crippen LogP) is 1.98. The minimum Gasteiger partial charge on any atom is -0.396 e. The molecular formula is C16H20N2O2. The van der Waals surface area contributed by atoms with Crippen molar-refractivity contribution in [1.82, 2.24) is 4.90 Å². The third-order valence-electron chi connectivity index (χ3n) is 3.88. The molecule has 0 radical (unpaired) electrons. The second-order valence-corrected chi connectivity index (χ2v) is 5.24. The zero-order chi connectivity index (χ0) is 14.4. The number of nitrogens with zero attached hydrogens (tertiary/aromatic N) is 2. The van der Waals surface area contributed by atoms with E-state index < -0.39 is 0 Å². The highest BCUT2D eigenvalue weighted by Crippen LogP contribution is 2.25. The van der Waals surface area contributed by atoms with Crippen LogP contribution < -0.4 is 0 Å². The summed E-state index contributed by atoms with van der Waals surface area (Å²) in [7, 11) is 0. The van der Waals surface area contributed by atoms with Crippen molar-refractivity contribution in [3.8, 4) is 6.07 Å². The molecule has 4 nitrogen and oxygen atoms in total. The second kappa shape index (κ2) is 7.18. The fraction of sp³-hybridized carbons (Fsp3) is 0.500. The van der Waals surface area contributed by atoms with Crippen LogP contribution in [0.5, 0.6) is 0 Å². The van der Waals surface area contributed by atoms with E-state index in [1.807, 2.05) is 6.07 Å². The molecule has 1 saturated carbocycles. The second-order valence-electron chi connectivity index (χ2n) is 5.24. The zero-order valence-corrected chi connectivity index (χ0v) is 11.6. The van der Waals surface area contributed by atoms with Gasteiger partial charge in [-0.3, -0.25) is 9.69 Å². The Hall–Kier alpha value is -1.70. The lowest BCUT2D eigenvalue weighted by Crippen LogP contribution is -2.43. The number of hydrogen-bond acceptors (Lipinski definition) is 4. The van der Waals surface area contributed by atoms with Crippen LogP contribution in [0, 0.1) is 11.3 Å². The zero-order valence-electron chi connectivity index (χ0n) is 11.6. The Morgan fingerprint density at radius 2 is 2.05 bits per heavy atom. The van der Waals surface area contributed by atoms with Crippen LogP contribution in [0.1, 0.15) is 41.6 Å². The van der Waals surface area contributed by atoms with Crippen molar-refractivity contribution in [2.24, 2.45) is 0 Å². The third-order valence-corrected chi connectivity index (χ3v) is 3.88. The smallest absolute Gasteiger partial charge is 0.176 e. The molecule has 1 aromatic carbocycles. The van der Waals surface area contributed by atoms with E-state index in [-0.39, 0.29) is 12.4 Å². The number of benzene rings is 1. The Bertz CT molecular complexity index is 486. The summed E-state index contributed by atoms with van der Waals surface area (Å²) in [4.78, 5) is 14.5. The molecule has 0 unspecified atom stereocenters. The lowest BCUT2D eigenvalue weighted by atomic mass is 9.91. The van der Waals surface area contributed by atoms with E-state index in [0.717, 1.165) is 19.4 Å². The maximum absolute atomic E-state index is 12.3. The van der Waals surface area contributed by atoms with Crippen molar-refractivity contribution in [1.29, 1.82) is 5.26 Å².